The highest BCUT2D eigenvalue weighted by molar-refractivity contribution is 5.95. The van der Waals surface area contributed by atoms with Gasteiger partial charge in [0.25, 0.3) is 0 Å². The predicted octanol–water partition coefficient (Wildman–Crippen LogP) is 2.11. The molecule has 0 aromatic carbocycles. The lowest BCUT2D eigenvalue weighted by molar-refractivity contribution is -0.142. The number of carbonyl (C=O) groups excluding carboxylic acids is 2. The first-order chi connectivity index (χ1) is 7.04. The van der Waals surface area contributed by atoms with Crippen molar-refractivity contribution in [3.63, 3.8) is 0 Å². The van der Waals surface area contributed by atoms with Gasteiger partial charge in [-0.1, -0.05) is 13.0 Å². The topological polar surface area (TPSA) is 43.4 Å². The molecule has 3 heteroatoms. The molecule has 3 nitrogen and oxygen atoms in total. The lowest BCUT2D eigenvalue weighted by atomic mass is 9.80. The number of rotatable bonds is 3. The van der Waals surface area contributed by atoms with Crippen molar-refractivity contribution in [1.82, 2.24) is 0 Å². The summed E-state index contributed by atoms with van der Waals surface area (Å²) < 4.78 is 4.62. The normalized spacial score (nSPS) is 23.3. The lowest BCUT2D eigenvalue weighted by Gasteiger charge is -2.24. The number of Topliss-reactive ketones (excluding diaryl/α,β-unsaturated/α-hetero) is 1. The summed E-state index contributed by atoms with van der Waals surface area (Å²) in [5.41, 5.74) is 0.858. The maximum absolute atomic E-state index is 11.5. The summed E-state index contributed by atoms with van der Waals surface area (Å²) in [6, 6.07) is 0. The molecule has 0 saturated carbocycles. The molecule has 1 aliphatic rings. The second-order valence-electron chi connectivity index (χ2n) is 4.27. The van der Waals surface area contributed by atoms with Crippen LogP contribution in [0.1, 0.15) is 33.1 Å². The summed E-state index contributed by atoms with van der Waals surface area (Å²) in [5, 5.41) is 0. The molecule has 0 bridgehead atoms. The molecule has 0 N–H and O–H groups in total. The average molecular weight is 210 g/mol. The smallest absolute Gasteiger partial charge is 0.305 e. The Kier molecular flexibility index (Phi) is 4.06. The van der Waals surface area contributed by atoms with Crippen LogP contribution in [0.5, 0.6) is 0 Å². The van der Waals surface area contributed by atoms with Gasteiger partial charge in [-0.2, -0.15) is 0 Å². The summed E-state index contributed by atoms with van der Waals surface area (Å²) in [4.78, 5) is 22.6. The van der Waals surface area contributed by atoms with Gasteiger partial charge in [-0.15, -0.1) is 0 Å². The third-order valence-corrected chi connectivity index (χ3v) is 3.14. The Bertz CT molecular complexity index is 291. The zero-order valence-electron chi connectivity index (χ0n) is 9.58. The molecule has 0 saturated heterocycles. The lowest BCUT2D eigenvalue weighted by Crippen LogP contribution is -2.22. The Labute approximate surface area is 90.5 Å². The first kappa shape index (κ1) is 12.0. The number of allylic oxidation sites excluding steroid dienone is 2. The SMILES string of the molecule is COC(=O)CC(C)C1CC=C(C)C(=O)C1. The summed E-state index contributed by atoms with van der Waals surface area (Å²) in [5.74, 6) is 0.523. The Balaban J connectivity index is 2.52. The van der Waals surface area contributed by atoms with Gasteiger partial charge in [0.15, 0.2) is 5.78 Å². The minimum absolute atomic E-state index is 0.193. The molecule has 0 aromatic rings. The van der Waals surface area contributed by atoms with E-state index in [4.69, 9.17) is 0 Å². The number of ether oxygens (including phenoxy) is 1. The molecule has 1 rings (SSSR count). The number of ketones is 1. The summed E-state index contributed by atoms with van der Waals surface area (Å²) in [6.07, 6.45) is 3.85. The van der Waals surface area contributed by atoms with Crippen LogP contribution in [0.3, 0.4) is 0 Å². The highest BCUT2D eigenvalue weighted by atomic mass is 16.5. The standard InChI is InChI=1S/C12H18O3/c1-8-4-5-10(7-11(8)13)9(2)6-12(14)15-3/h4,9-10H,5-7H2,1-3H3. The van der Waals surface area contributed by atoms with Crippen molar-refractivity contribution in [2.45, 2.75) is 33.1 Å². The van der Waals surface area contributed by atoms with Crippen LogP contribution in [-0.2, 0) is 14.3 Å². The Morgan fingerprint density at radius 1 is 1.67 bits per heavy atom. The highest BCUT2D eigenvalue weighted by Crippen LogP contribution is 2.29. The zero-order chi connectivity index (χ0) is 11.4. The summed E-state index contributed by atoms with van der Waals surface area (Å²) >= 11 is 0. The van der Waals surface area contributed by atoms with E-state index in [1.54, 1.807) is 0 Å². The summed E-state index contributed by atoms with van der Waals surface area (Å²) in [7, 11) is 1.39. The van der Waals surface area contributed by atoms with Crippen LogP contribution < -0.4 is 0 Å². The van der Waals surface area contributed by atoms with E-state index in [1.807, 2.05) is 19.9 Å². The molecular formula is C12H18O3. The van der Waals surface area contributed by atoms with Gasteiger partial charge in [-0.05, 0) is 30.8 Å². The van der Waals surface area contributed by atoms with Gasteiger partial charge >= 0.3 is 5.97 Å². The maximum atomic E-state index is 11.5. The van der Waals surface area contributed by atoms with Gasteiger partial charge < -0.3 is 4.74 Å². The fraction of sp³-hybridized carbons (Fsp3) is 0.667. The zero-order valence-corrected chi connectivity index (χ0v) is 9.58. The van der Waals surface area contributed by atoms with Crippen LogP contribution in [0.25, 0.3) is 0 Å². The van der Waals surface area contributed by atoms with Gasteiger partial charge in [-0.25, -0.2) is 0 Å². The Morgan fingerprint density at radius 2 is 2.33 bits per heavy atom. The van der Waals surface area contributed by atoms with E-state index >= 15 is 0 Å². The molecule has 0 amide bonds. The molecule has 2 atom stereocenters. The second-order valence-corrected chi connectivity index (χ2v) is 4.27. The first-order valence-electron chi connectivity index (χ1n) is 5.31. The first-order valence-corrected chi connectivity index (χ1v) is 5.31. The van der Waals surface area contributed by atoms with E-state index in [-0.39, 0.29) is 17.7 Å². The molecule has 1 aliphatic carbocycles. The molecule has 0 aliphatic heterocycles. The van der Waals surface area contributed by atoms with E-state index in [2.05, 4.69) is 4.74 Å². The molecule has 0 aromatic heterocycles. The number of methoxy groups -OCH3 is 1. The van der Waals surface area contributed by atoms with Crippen molar-refractivity contribution >= 4 is 11.8 Å². The van der Waals surface area contributed by atoms with Gasteiger partial charge in [0.2, 0.25) is 0 Å². The van der Waals surface area contributed by atoms with Crippen LogP contribution in [0, 0.1) is 11.8 Å². The average Bonchev–Trinajstić information content (AvgIpc) is 2.21. The molecule has 0 radical (unpaired) electrons. The highest BCUT2D eigenvalue weighted by Gasteiger charge is 2.25. The molecule has 15 heavy (non-hydrogen) atoms. The fourth-order valence-electron chi connectivity index (χ4n) is 1.87. The number of carbonyl (C=O) groups is 2. The minimum Gasteiger partial charge on any atom is -0.469 e. The van der Waals surface area contributed by atoms with E-state index in [0.29, 0.717) is 18.8 Å². The minimum atomic E-state index is -0.193. The van der Waals surface area contributed by atoms with Gasteiger partial charge in [0.1, 0.15) is 0 Å². The van der Waals surface area contributed by atoms with Crippen molar-refractivity contribution in [3.05, 3.63) is 11.6 Å². The van der Waals surface area contributed by atoms with E-state index < -0.39 is 0 Å². The maximum Gasteiger partial charge on any atom is 0.305 e. The molecule has 2 unspecified atom stereocenters. The number of hydrogen-bond acceptors (Lipinski definition) is 3. The van der Waals surface area contributed by atoms with Crippen molar-refractivity contribution in [3.8, 4) is 0 Å². The molecule has 0 fully saturated rings. The van der Waals surface area contributed by atoms with E-state index in [0.717, 1.165) is 12.0 Å². The van der Waals surface area contributed by atoms with Gasteiger partial charge in [-0.3, -0.25) is 9.59 Å². The fourth-order valence-corrected chi connectivity index (χ4v) is 1.87. The van der Waals surface area contributed by atoms with Crippen LogP contribution in [0.2, 0.25) is 0 Å². The van der Waals surface area contributed by atoms with Crippen molar-refractivity contribution in [2.24, 2.45) is 11.8 Å². The Hall–Kier alpha value is -1.12. The van der Waals surface area contributed by atoms with Crippen molar-refractivity contribution < 1.29 is 14.3 Å². The molecular weight excluding hydrogens is 192 g/mol. The quantitative estimate of drug-likeness (QED) is 0.670. The van der Waals surface area contributed by atoms with E-state index in [1.165, 1.54) is 7.11 Å². The summed E-state index contributed by atoms with van der Waals surface area (Å²) in [6.45, 7) is 3.85. The van der Waals surface area contributed by atoms with Gasteiger partial charge in [0, 0.05) is 12.8 Å². The molecule has 0 spiro atoms. The third kappa shape index (κ3) is 3.18. The number of esters is 1. The van der Waals surface area contributed by atoms with Crippen LogP contribution >= 0.6 is 0 Å². The largest absolute Gasteiger partial charge is 0.469 e. The third-order valence-electron chi connectivity index (χ3n) is 3.14. The second kappa shape index (κ2) is 5.10. The molecule has 84 valence electrons. The van der Waals surface area contributed by atoms with E-state index in [9.17, 15) is 9.59 Å². The van der Waals surface area contributed by atoms with Crippen LogP contribution in [-0.4, -0.2) is 18.9 Å². The Morgan fingerprint density at radius 3 is 2.87 bits per heavy atom. The van der Waals surface area contributed by atoms with Crippen LogP contribution in [0.4, 0.5) is 0 Å². The predicted molar refractivity (Wildman–Crippen MR) is 57.3 cm³/mol. The van der Waals surface area contributed by atoms with Crippen molar-refractivity contribution in [2.75, 3.05) is 7.11 Å². The molecule has 0 heterocycles. The van der Waals surface area contributed by atoms with Gasteiger partial charge in [0.05, 0.1) is 7.11 Å². The van der Waals surface area contributed by atoms with Crippen LogP contribution in [0.15, 0.2) is 11.6 Å². The monoisotopic (exact) mass is 210 g/mol. The number of hydrogen-bond donors (Lipinski definition) is 0. The van der Waals surface area contributed by atoms with Crippen molar-refractivity contribution in [1.29, 1.82) is 0 Å².